The Hall–Kier alpha value is -1.27. The fourth-order valence-corrected chi connectivity index (χ4v) is 2.75. The molecule has 0 spiro atoms. The lowest BCUT2D eigenvalue weighted by Gasteiger charge is -2.21. The Morgan fingerprint density at radius 1 is 1.05 bits per heavy atom. The molecule has 0 radical (unpaired) electrons. The van der Waals surface area contributed by atoms with Crippen LogP contribution in [0.15, 0.2) is 24.3 Å². The highest BCUT2D eigenvalue weighted by Crippen LogP contribution is 2.18. The van der Waals surface area contributed by atoms with Gasteiger partial charge >= 0.3 is 0 Å². The summed E-state index contributed by atoms with van der Waals surface area (Å²) < 4.78 is 28.3. The molecule has 1 aromatic rings. The molecule has 0 unspecified atom stereocenters. The predicted octanol–water partition coefficient (Wildman–Crippen LogP) is 2.19. The number of benzene rings is 1. The Kier molecular flexibility index (Phi) is 6.11. The summed E-state index contributed by atoms with van der Waals surface area (Å²) in [5.41, 5.74) is 1.66. The molecule has 0 amide bonds. The van der Waals surface area contributed by atoms with Crippen LogP contribution in [0.1, 0.15) is 27.2 Å². The molecule has 0 fully saturated rings. The molecule has 2 N–H and O–H groups in total. The zero-order chi connectivity index (χ0) is 14.3. The monoisotopic (exact) mass is 285 g/mol. The van der Waals surface area contributed by atoms with E-state index in [2.05, 4.69) is 28.2 Å². The van der Waals surface area contributed by atoms with Crippen LogP contribution in [0.5, 0.6) is 0 Å². The van der Waals surface area contributed by atoms with Crippen molar-refractivity contribution in [2.45, 2.75) is 27.2 Å². The largest absolute Gasteiger partial charge is 0.372 e. The minimum Gasteiger partial charge on any atom is -0.372 e. The van der Waals surface area contributed by atoms with Crippen molar-refractivity contribution in [2.24, 2.45) is 0 Å². The molecule has 6 heteroatoms. The van der Waals surface area contributed by atoms with Crippen molar-refractivity contribution in [1.29, 1.82) is 0 Å². The first-order valence-corrected chi connectivity index (χ1v) is 8.13. The molecule has 5 nitrogen and oxygen atoms in total. The lowest BCUT2D eigenvalue weighted by Crippen LogP contribution is -2.30. The van der Waals surface area contributed by atoms with E-state index in [1.165, 1.54) is 0 Å². The molecule has 0 heterocycles. The van der Waals surface area contributed by atoms with E-state index in [-0.39, 0.29) is 0 Å². The third-order valence-electron chi connectivity index (χ3n) is 2.79. The van der Waals surface area contributed by atoms with E-state index < -0.39 is 10.2 Å². The van der Waals surface area contributed by atoms with Crippen molar-refractivity contribution in [1.82, 2.24) is 4.72 Å². The molecule has 0 aromatic heterocycles. The summed E-state index contributed by atoms with van der Waals surface area (Å²) in [6, 6.07) is 7.40. The Labute approximate surface area is 116 Å². The van der Waals surface area contributed by atoms with Crippen LogP contribution in [-0.2, 0) is 10.2 Å². The minimum absolute atomic E-state index is 0.437. The number of hydrogen-bond acceptors (Lipinski definition) is 3. The van der Waals surface area contributed by atoms with Crippen LogP contribution < -0.4 is 14.3 Å². The highest BCUT2D eigenvalue weighted by atomic mass is 32.2. The van der Waals surface area contributed by atoms with Crippen molar-refractivity contribution in [2.75, 3.05) is 29.3 Å². The fraction of sp³-hybridized carbons (Fsp3) is 0.538. The maximum absolute atomic E-state index is 11.7. The molecule has 1 aromatic carbocycles. The zero-order valence-corrected chi connectivity index (χ0v) is 12.6. The molecule has 19 heavy (non-hydrogen) atoms. The number of anilines is 2. The summed E-state index contributed by atoms with van der Waals surface area (Å²) in [5, 5.41) is 0. The van der Waals surface area contributed by atoms with Crippen LogP contribution in [0.3, 0.4) is 0 Å². The number of rotatable bonds is 8. The van der Waals surface area contributed by atoms with Gasteiger partial charge in [0.1, 0.15) is 0 Å². The van der Waals surface area contributed by atoms with E-state index in [9.17, 15) is 8.42 Å². The molecule has 1 rings (SSSR count). The summed E-state index contributed by atoms with van der Waals surface area (Å²) in [5.74, 6) is 0. The molecule has 0 saturated heterocycles. The van der Waals surface area contributed by atoms with Crippen molar-refractivity contribution in [3.05, 3.63) is 24.3 Å². The van der Waals surface area contributed by atoms with Crippen molar-refractivity contribution in [3.8, 4) is 0 Å². The minimum atomic E-state index is -3.45. The smallest absolute Gasteiger partial charge is 0.299 e. The molecule has 108 valence electrons. The second kappa shape index (κ2) is 7.35. The van der Waals surface area contributed by atoms with Crippen LogP contribution in [0, 0.1) is 0 Å². The van der Waals surface area contributed by atoms with Gasteiger partial charge in [-0.2, -0.15) is 13.1 Å². The van der Waals surface area contributed by atoms with E-state index in [4.69, 9.17) is 0 Å². The van der Waals surface area contributed by atoms with Gasteiger partial charge in [0.15, 0.2) is 0 Å². The van der Waals surface area contributed by atoms with E-state index in [1.807, 2.05) is 19.1 Å². The molecule has 0 aliphatic heterocycles. The topological polar surface area (TPSA) is 61.4 Å². The average Bonchev–Trinajstić information content (AvgIpc) is 2.39. The molecule has 0 saturated carbocycles. The second-order valence-corrected chi connectivity index (χ2v) is 5.72. The van der Waals surface area contributed by atoms with E-state index in [1.54, 1.807) is 12.1 Å². The third kappa shape index (κ3) is 5.08. The first-order chi connectivity index (χ1) is 9.02. The van der Waals surface area contributed by atoms with Crippen molar-refractivity contribution < 1.29 is 8.42 Å². The van der Waals surface area contributed by atoms with Crippen LogP contribution in [0.2, 0.25) is 0 Å². The Bertz CT molecular complexity index is 467. The first-order valence-electron chi connectivity index (χ1n) is 6.64. The lowest BCUT2D eigenvalue weighted by molar-refractivity contribution is 0.586. The van der Waals surface area contributed by atoms with Gasteiger partial charge in [0.05, 0.1) is 0 Å². The maximum atomic E-state index is 11.7. The highest BCUT2D eigenvalue weighted by molar-refractivity contribution is 7.90. The van der Waals surface area contributed by atoms with Gasteiger partial charge in [0, 0.05) is 31.0 Å². The van der Waals surface area contributed by atoms with Gasteiger partial charge in [0.2, 0.25) is 0 Å². The predicted molar refractivity (Wildman–Crippen MR) is 80.8 cm³/mol. The van der Waals surface area contributed by atoms with Crippen LogP contribution in [-0.4, -0.2) is 28.1 Å². The van der Waals surface area contributed by atoms with Gasteiger partial charge in [-0.25, -0.2) is 0 Å². The van der Waals surface area contributed by atoms with Crippen LogP contribution >= 0.6 is 0 Å². The molecule has 0 bridgehead atoms. The van der Waals surface area contributed by atoms with Crippen LogP contribution in [0.25, 0.3) is 0 Å². The van der Waals surface area contributed by atoms with E-state index in [0.717, 1.165) is 25.2 Å². The van der Waals surface area contributed by atoms with Gasteiger partial charge in [-0.05, 0) is 44.5 Å². The van der Waals surface area contributed by atoms with Crippen molar-refractivity contribution in [3.63, 3.8) is 0 Å². The standard InChI is InChI=1S/C13H23N3O2S/c1-4-11-14-19(17,18)15-12-7-9-13(10-8-12)16(5-2)6-3/h7-10,14-15H,4-6,11H2,1-3H3. The first kappa shape index (κ1) is 15.8. The fourth-order valence-electron chi connectivity index (χ4n) is 1.76. The number of nitrogens with zero attached hydrogens (tertiary/aromatic N) is 1. The lowest BCUT2D eigenvalue weighted by atomic mass is 10.2. The number of nitrogens with one attached hydrogen (secondary N) is 2. The van der Waals surface area contributed by atoms with Gasteiger partial charge in [-0.1, -0.05) is 6.92 Å². The van der Waals surface area contributed by atoms with Gasteiger partial charge < -0.3 is 4.90 Å². The molecule has 0 atom stereocenters. The summed E-state index contributed by atoms with van der Waals surface area (Å²) in [6.45, 7) is 8.40. The van der Waals surface area contributed by atoms with Gasteiger partial charge in [-0.3, -0.25) is 4.72 Å². The summed E-state index contributed by atoms with van der Waals surface area (Å²) >= 11 is 0. The number of hydrogen-bond donors (Lipinski definition) is 2. The average molecular weight is 285 g/mol. The molecular weight excluding hydrogens is 262 g/mol. The highest BCUT2D eigenvalue weighted by Gasteiger charge is 2.08. The van der Waals surface area contributed by atoms with Crippen molar-refractivity contribution >= 4 is 21.6 Å². The van der Waals surface area contributed by atoms with Gasteiger partial charge in [-0.15, -0.1) is 0 Å². The molecule has 0 aliphatic rings. The summed E-state index contributed by atoms with van der Waals surface area (Å²) in [4.78, 5) is 2.20. The maximum Gasteiger partial charge on any atom is 0.299 e. The third-order valence-corrected chi connectivity index (χ3v) is 3.88. The SMILES string of the molecule is CCCNS(=O)(=O)Nc1ccc(N(CC)CC)cc1. The molecular formula is C13H23N3O2S. The Balaban J connectivity index is 2.71. The Morgan fingerprint density at radius 3 is 2.11 bits per heavy atom. The molecule has 0 aliphatic carbocycles. The second-order valence-electron chi connectivity index (χ2n) is 4.22. The quantitative estimate of drug-likeness (QED) is 0.769. The summed E-state index contributed by atoms with van der Waals surface area (Å²) in [6.07, 6.45) is 0.766. The normalized spacial score (nSPS) is 11.3. The van der Waals surface area contributed by atoms with Crippen LogP contribution in [0.4, 0.5) is 11.4 Å². The Morgan fingerprint density at radius 2 is 1.63 bits per heavy atom. The van der Waals surface area contributed by atoms with E-state index >= 15 is 0 Å². The summed E-state index contributed by atoms with van der Waals surface area (Å²) in [7, 11) is -3.45. The van der Waals surface area contributed by atoms with Gasteiger partial charge in [0.25, 0.3) is 10.2 Å². The zero-order valence-electron chi connectivity index (χ0n) is 11.8. The van der Waals surface area contributed by atoms with E-state index in [0.29, 0.717) is 12.2 Å².